The number of aliphatic hydroxyl groups excluding tert-OH is 18. The first kappa shape index (κ1) is 74.7. The predicted octanol–water partition coefficient (Wildman–Crippen LogP) is -7.99. The number of ether oxygens (including phenoxy) is 14. The zero-order valence-corrected chi connectivity index (χ0v) is 50.0. The average molecular weight is 1280 g/mol. The highest BCUT2D eigenvalue weighted by molar-refractivity contribution is 5.83. The lowest BCUT2D eigenvalue weighted by atomic mass is 9.94. The number of esters is 1. The molecule has 0 radical (unpaired) electrons. The Kier molecular flexibility index (Phi) is 28.6. The second-order valence-electron chi connectivity index (χ2n) is 23.8. The third-order valence-corrected chi connectivity index (χ3v) is 16.3. The van der Waals surface area contributed by atoms with E-state index in [4.69, 9.17) is 66.3 Å². The first-order valence-electron chi connectivity index (χ1n) is 29.4. The molecule has 0 aliphatic carbocycles. The van der Waals surface area contributed by atoms with Crippen LogP contribution in [0.4, 0.5) is 0 Å². The van der Waals surface area contributed by atoms with Crippen molar-refractivity contribution >= 4 is 5.97 Å². The van der Waals surface area contributed by atoms with Crippen LogP contribution in [0.3, 0.4) is 0 Å². The summed E-state index contributed by atoms with van der Waals surface area (Å²) in [7, 11) is 1.77. The quantitative estimate of drug-likeness (QED) is 0.0388. The number of rotatable bonds is 16. The van der Waals surface area contributed by atoms with Crippen molar-refractivity contribution in [2.24, 2.45) is 5.92 Å². The van der Waals surface area contributed by atoms with Crippen molar-refractivity contribution in [2.75, 3.05) is 46.8 Å². The normalized spacial score (nSPS) is 45.2. The van der Waals surface area contributed by atoms with E-state index < -0.39 is 224 Å². The Balaban J connectivity index is 0.000000477. The lowest BCUT2D eigenvalue weighted by molar-refractivity contribution is -0.404. The van der Waals surface area contributed by atoms with Crippen LogP contribution in [-0.4, -0.2) is 341 Å². The third kappa shape index (κ3) is 18.1. The van der Waals surface area contributed by atoms with E-state index in [2.05, 4.69) is 26.8 Å². The molecule has 0 aromatic rings. The predicted molar refractivity (Wildman–Crippen MR) is 289 cm³/mol. The second-order valence-corrected chi connectivity index (χ2v) is 23.8. The molecule has 1 unspecified atom stereocenters. The lowest BCUT2D eigenvalue weighted by Crippen LogP contribution is -2.69. The van der Waals surface area contributed by atoms with E-state index in [9.17, 15) is 96.7 Å². The summed E-state index contributed by atoms with van der Waals surface area (Å²) in [6.07, 6.45) is -48.4. The molecule has 12 bridgehead atoms. The third-order valence-electron chi connectivity index (χ3n) is 16.3. The SMILES string of the molecule is COC(C)(C)CCCC(C)C/C=C/C(C)=C/C(=O)OC(C)C.OC[C@H]1O[C@@H]2O[C@H]3[C@H](O)[C@@H](O)[C@@H](O[C@H]4[C@H](O)[C@@H](O)[C@@H](O[C@H]5[C@H](O)[C@@H](O)[C@@H](O[C@H]6[C@H](O)[C@@H](O)[C@@H](O[C@H]7[C@H](O)[C@@H](O)[C@@H](O[C@H]1[C@H](O)[C@H]2O)O[C@@H]7CO)O[C@@H]6CO)O[C@@H]5CO)O[C@@H]4CO)O[C@@H]3CO. The molecule has 22 heterocycles. The molecule has 22 aliphatic heterocycles. The molecular formula is C55H94O33. The summed E-state index contributed by atoms with van der Waals surface area (Å²) >= 11 is 0. The van der Waals surface area contributed by atoms with E-state index in [1.807, 2.05) is 26.8 Å². The van der Waals surface area contributed by atoms with Crippen LogP contribution in [-0.2, 0) is 71.1 Å². The largest absolute Gasteiger partial charge is 0.460 e. The minimum Gasteiger partial charge on any atom is -0.460 e. The van der Waals surface area contributed by atoms with E-state index in [1.54, 1.807) is 13.2 Å². The van der Waals surface area contributed by atoms with Crippen LogP contribution >= 0.6 is 0 Å². The number of aliphatic hydroxyl groups is 18. The fourth-order valence-corrected chi connectivity index (χ4v) is 11.0. The van der Waals surface area contributed by atoms with Gasteiger partial charge in [0.25, 0.3) is 0 Å². The Labute approximate surface area is 507 Å². The zero-order chi connectivity index (χ0) is 65.2. The van der Waals surface area contributed by atoms with Crippen molar-refractivity contribution in [3.63, 3.8) is 0 Å². The van der Waals surface area contributed by atoms with Crippen molar-refractivity contribution < 1.29 is 163 Å². The molecule has 18 N–H and O–H groups in total. The van der Waals surface area contributed by atoms with Crippen molar-refractivity contribution in [1.29, 1.82) is 0 Å². The van der Waals surface area contributed by atoms with Crippen LogP contribution in [0.25, 0.3) is 0 Å². The Morgan fingerprint density at radius 2 is 0.682 bits per heavy atom. The van der Waals surface area contributed by atoms with Gasteiger partial charge in [0.15, 0.2) is 37.7 Å². The molecular weight excluding hydrogens is 1190 g/mol. The maximum absolute atomic E-state index is 11.5. The smallest absolute Gasteiger partial charge is 0.331 e. The summed E-state index contributed by atoms with van der Waals surface area (Å²) < 4.78 is 78.4. The highest BCUT2D eigenvalue weighted by atomic mass is 16.8. The maximum Gasteiger partial charge on any atom is 0.331 e. The van der Waals surface area contributed by atoms with Crippen molar-refractivity contribution in [1.82, 2.24) is 0 Å². The van der Waals surface area contributed by atoms with Gasteiger partial charge in [-0.15, -0.1) is 0 Å². The molecule has 0 amide bonds. The molecule has 88 heavy (non-hydrogen) atoms. The number of hydrogen-bond acceptors (Lipinski definition) is 33. The van der Waals surface area contributed by atoms with Crippen LogP contribution in [0.15, 0.2) is 23.8 Å². The number of methoxy groups -OCH3 is 1. The summed E-state index contributed by atoms with van der Waals surface area (Å²) in [5, 5.41) is 196. The van der Waals surface area contributed by atoms with E-state index in [0.29, 0.717) is 5.92 Å². The molecule has 0 aromatic carbocycles. The van der Waals surface area contributed by atoms with E-state index in [1.165, 1.54) is 12.8 Å². The molecule has 512 valence electrons. The van der Waals surface area contributed by atoms with Gasteiger partial charge < -0.3 is 158 Å². The summed E-state index contributed by atoms with van der Waals surface area (Å²) in [6, 6.07) is 0. The first-order valence-corrected chi connectivity index (χ1v) is 29.4. The van der Waals surface area contributed by atoms with Crippen LogP contribution in [0.2, 0.25) is 0 Å². The standard InChI is InChI=1S/C36H60O30.C19H34O3/c37-1-7-25-13(43)19(49)31(55-7)62-26-8(2-38)57-33(21(51)15(26)45)64-28-10(4-40)59-35(23(53)17(28)47)66-30-12(6-42)60-36(24(54)18(30)48)65-29-11(5-41)58-34(22(52)16(29)46)63-27-9(3-39)56-32(61-25)20(50)14(27)44;1-15(2)22-18(20)14-17(4)11-8-10-16(3)12-9-13-19(5,6)21-7/h7-54H,1-6H2;8,11,14-16H,9-10,12-13H2,1-7H3/b;11-8+,17-14+/t7-,8-,9-,10-,11-,12-,13-,14-,15-,16-,17-,18-,19-,20-,21-,22-,23-,24-,25-,26-,27-,28-,29-,30-,31-,32-,33-,34-,35-,36-;/m1./s1. The molecule has 33 heteroatoms. The zero-order valence-electron chi connectivity index (χ0n) is 50.0. The number of allylic oxidation sites excluding steroid dienone is 3. The van der Waals surface area contributed by atoms with Gasteiger partial charge in [-0.2, -0.15) is 0 Å². The van der Waals surface area contributed by atoms with Crippen molar-refractivity contribution in [3.8, 4) is 0 Å². The number of carbonyl (C=O) groups excluding carboxylic acids is 1. The second kappa shape index (κ2) is 33.7. The lowest BCUT2D eigenvalue weighted by Gasteiger charge is -2.50. The Hall–Kier alpha value is -2.29. The number of hydrogen-bond donors (Lipinski definition) is 18. The van der Waals surface area contributed by atoms with Gasteiger partial charge >= 0.3 is 5.97 Å². The van der Waals surface area contributed by atoms with Gasteiger partial charge in [0.1, 0.15) is 146 Å². The summed E-state index contributed by atoms with van der Waals surface area (Å²) in [4.78, 5) is 11.5. The Morgan fingerprint density at radius 1 is 0.432 bits per heavy atom. The number of carbonyl (C=O) groups is 1. The Bertz CT molecular complexity index is 1850. The van der Waals surface area contributed by atoms with Gasteiger partial charge in [-0.25, -0.2) is 4.79 Å². The topological polar surface area (TPSA) is 510 Å². The van der Waals surface area contributed by atoms with Crippen LogP contribution in [0.5, 0.6) is 0 Å². The first-order chi connectivity index (χ1) is 41.6. The molecule has 22 rings (SSSR count). The van der Waals surface area contributed by atoms with Gasteiger partial charge in [-0.1, -0.05) is 31.9 Å². The molecule has 33 nitrogen and oxygen atoms in total. The molecule has 22 saturated heterocycles. The van der Waals surface area contributed by atoms with Gasteiger partial charge in [0.2, 0.25) is 0 Å². The molecule has 31 atom stereocenters. The van der Waals surface area contributed by atoms with E-state index >= 15 is 0 Å². The Morgan fingerprint density at radius 3 is 0.898 bits per heavy atom. The summed E-state index contributed by atoms with van der Waals surface area (Å²) in [5.41, 5.74) is 0.907. The maximum atomic E-state index is 11.5. The average Bonchev–Trinajstić information content (AvgIpc) is 2.31. The molecule has 0 spiro atoms. The van der Waals surface area contributed by atoms with Gasteiger partial charge in [-0.05, 0) is 59.0 Å². The molecule has 0 saturated carbocycles. The van der Waals surface area contributed by atoms with E-state index in [-0.39, 0.29) is 17.7 Å². The van der Waals surface area contributed by atoms with E-state index in [0.717, 1.165) is 18.4 Å². The monoisotopic (exact) mass is 1280 g/mol. The highest BCUT2D eigenvalue weighted by Crippen LogP contribution is 2.38. The minimum absolute atomic E-state index is 0.0222. The van der Waals surface area contributed by atoms with Crippen LogP contribution < -0.4 is 0 Å². The molecule has 0 aromatic heterocycles. The van der Waals surface area contributed by atoms with Crippen molar-refractivity contribution in [3.05, 3.63) is 23.8 Å². The van der Waals surface area contributed by atoms with Gasteiger partial charge in [0, 0.05) is 13.2 Å². The summed E-state index contributed by atoms with van der Waals surface area (Å²) in [6.45, 7) is 6.14. The summed E-state index contributed by atoms with van der Waals surface area (Å²) in [5.74, 6) is 0.367. The fourth-order valence-electron chi connectivity index (χ4n) is 11.0. The van der Waals surface area contributed by atoms with Gasteiger partial charge in [-0.3, -0.25) is 0 Å². The fraction of sp³-hybridized carbons (Fsp3) is 0.909. The molecule has 22 aliphatic rings. The molecule has 22 fully saturated rings. The highest BCUT2D eigenvalue weighted by Gasteiger charge is 2.59. The van der Waals surface area contributed by atoms with Crippen molar-refractivity contribution in [2.45, 2.75) is 263 Å². The minimum atomic E-state index is -2.15. The van der Waals surface area contributed by atoms with Crippen LogP contribution in [0.1, 0.15) is 67.2 Å². The van der Waals surface area contributed by atoms with Crippen LogP contribution in [0, 0.1) is 5.92 Å². The van der Waals surface area contributed by atoms with Gasteiger partial charge in [0.05, 0.1) is 51.3 Å².